The van der Waals surface area contributed by atoms with Gasteiger partial charge >= 0.3 is 0 Å². The number of methoxy groups -OCH3 is 1. The molecule has 3 rings (SSSR count). The average molecular weight is 422 g/mol. The highest BCUT2D eigenvalue weighted by Crippen LogP contribution is 2.28. The second kappa shape index (κ2) is 8.21. The third-order valence-electron chi connectivity index (χ3n) is 4.00. The average Bonchev–Trinajstić information content (AvgIpc) is 2.66. The highest BCUT2D eigenvalue weighted by Gasteiger charge is 2.17. The van der Waals surface area contributed by atoms with Gasteiger partial charge in [0.05, 0.1) is 17.7 Å². The second-order valence-electron chi connectivity index (χ2n) is 5.85. The molecule has 7 heteroatoms. The normalized spacial score (nSPS) is 11.2. The fourth-order valence-electron chi connectivity index (χ4n) is 2.63. The molecule has 3 aromatic carbocycles. The summed E-state index contributed by atoms with van der Waals surface area (Å²) >= 11 is 12.4. The van der Waals surface area contributed by atoms with Crippen LogP contribution in [0.3, 0.4) is 0 Å². The van der Waals surface area contributed by atoms with Crippen molar-refractivity contribution in [3.05, 3.63) is 87.9 Å². The van der Waals surface area contributed by atoms with Crippen LogP contribution in [-0.2, 0) is 16.4 Å². The van der Waals surface area contributed by atoms with Gasteiger partial charge in [-0.1, -0.05) is 47.5 Å². The number of rotatable bonds is 6. The summed E-state index contributed by atoms with van der Waals surface area (Å²) in [6, 6.07) is 18.7. The van der Waals surface area contributed by atoms with Crippen molar-refractivity contribution in [2.75, 3.05) is 11.8 Å². The molecule has 0 fully saturated rings. The lowest BCUT2D eigenvalue weighted by atomic mass is 10.0. The summed E-state index contributed by atoms with van der Waals surface area (Å²) in [4.78, 5) is 0.112. The van der Waals surface area contributed by atoms with E-state index >= 15 is 0 Å². The SMILES string of the molecule is COc1cccc(S(=O)(=O)Nc2ccc(Cl)cc2Cc2ccccc2Cl)c1. The predicted molar refractivity (Wildman–Crippen MR) is 110 cm³/mol. The number of benzene rings is 3. The highest BCUT2D eigenvalue weighted by atomic mass is 35.5. The predicted octanol–water partition coefficient (Wildman–Crippen LogP) is 5.39. The summed E-state index contributed by atoms with van der Waals surface area (Å²) in [7, 11) is -2.30. The number of halogens is 2. The van der Waals surface area contributed by atoms with Crippen molar-refractivity contribution < 1.29 is 13.2 Å². The van der Waals surface area contributed by atoms with Crippen LogP contribution in [0.2, 0.25) is 10.0 Å². The van der Waals surface area contributed by atoms with Gasteiger partial charge in [0.25, 0.3) is 10.0 Å². The van der Waals surface area contributed by atoms with Crippen LogP contribution >= 0.6 is 23.2 Å². The van der Waals surface area contributed by atoms with E-state index in [1.807, 2.05) is 18.2 Å². The molecule has 0 aliphatic heterocycles. The van der Waals surface area contributed by atoms with E-state index in [1.165, 1.54) is 19.2 Å². The number of hydrogen-bond acceptors (Lipinski definition) is 3. The fraction of sp³-hybridized carbons (Fsp3) is 0.100. The summed E-state index contributed by atoms with van der Waals surface area (Å²) in [6.45, 7) is 0. The Morgan fingerprint density at radius 3 is 2.44 bits per heavy atom. The summed E-state index contributed by atoms with van der Waals surface area (Å²) in [5.41, 5.74) is 2.05. The number of nitrogens with one attached hydrogen (secondary N) is 1. The standard InChI is InChI=1S/C20H17Cl2NO3S/c1-26-17-6-4-7-18(13-17)27(24,25)23-20-10-9-16(21)12-15(20)11-14-5-2-3-8-19(14)22/h2-10,12-13,23H,11H2,1H3. The molecule has 0 radical (unpaired) electrons. The third-order valence-corrected chi connectivity index (χ3v) is 5.97. The molecule has 0 saturated heterocycles. The number of ether oxygens (including phenoxy) is 1. The van der Waals surface area contributed by atoms with Crippen molar-refractivity contribution in [2.24, 2.45) is 0 Å². The quantitative estimate of drug-likeness (QED) is 0.579. The third kappa shape index (κ3) is 4.75. The molecule has 4 nitrogen and oxygen atoms in total. The zero-order valence-corrected chi connectivity index (χ0v) is 16.8. The zero-order chi connectivity index (χ0) is 19.4. The van der Waals surface area contributed by atoms with Crippen molar-refractivity contribution in [1.29, 1.82) is 0 Å². The molecule has 0 saturated carbocycles. The molecular weight excluding hydrogens is 405 g/mol. The first kappa shape index (κ1) is 19.5. The van der Waals surface area contributed by atoms with Crippen LogP contribution in [-0.4, -0.2) is 15.5 Å². The maximum atomic E-state index is 12.8. The lowest BCUT2D eigenvalue weighted by Gasteiger charge is -2.14. The van der Waals surface area contributed by atoms with Crippen molar-refractivity contribution in [1.82, 2.24) is 0 Å². The maximum absolute atomic E-state index is 12.8. The van der Waals surface area contributed by atoms with E-state index in [4.69, 9.17) is 27.9 Å². The van der Waals surface area contributed by atoms with Crippen LogP contribution in [0.5, 0.6) is 5.75 Å². The van der Waals surface area contributed by atoms with Crippen molar-refractivity contribution in [3.63, 3.8) is 0 Å². The largest absolute Gasteiger partial charge is 0.497 e. The van der Waals surface area contributed by atoms with E-state index in [2.05, 4.69) is 4.72 Å². The van der Waals surface area contributed by atoms with Crippen LogP contribution < -0.4 is 9.46 Å². The van der Waals surface area contributed by atoms with Crippen LogP contribution in [0.4, 0.5) is 5.69 Å². The summed E-state index contributed by atoms with van der Waals surface area (Å²) in [5.74, 6) is 0.463. The lowest BCUT2D eigenvalue weighted by Crippen LogP contribution is -2.14. The van der Waals surface area contributed by atoms with Gasteiger partial charge in [-0.2, -0.15) is 0 Å². The molecule has 0 atom stereocenters. The first-order chi connectivity index (χ1) is 12.9. The van der Waals surface area contributed by atoms with Gasteiger partial charge in [0.15, 0.2) is 0 Å². The molecule has 0 bridgehead atoms. The molecule has 3 aromatic rings. The van der Waals surface area contributed by atoms with Gasteiger partial charge in [0.2, 0.25) is 0 Å². The minimum Gasteiger partial charge on any atom is -0.497 e. The molecule has 0 aromatic heterocycles. The van der Waals surface area contributed by atoms with Crippen molar-refractivity contribution >= 4 is 38.9 Å². The van der Waals surface area contributed by atoms with E-state index in [0.29, 0.717) is 27.9 Å². The Morgan fingerprint density at radius 2 is 1.70 bits per heavy atom. The van der Waals surface area contributed by atoms with Crippen molar-refractivity contribution in [2.45, 2.75) is 11.3 Å². The molecule has 0 spiro atoms. The number of hydrogen-bond donors (Lipinski definition) is 1. The van der Waals surface area contributed by atoms with Gasteiger partial charge in [-0.15, -0.1) is 0 Å². The Balaban J connectivity index is 1.96. The molecule has 0 heterocycles. The van der Waals surface area contributed by atoms with Gasteiger partial charge in [0, 0.05) is 22.5 Å². The molecule has 1 N–H and O–H groups in total. The van der Waals surface area contributed by atoms with E-state index in [9.17, 15) is 8.42 Å². The second-order valence-corrected chi connectivity index (χ2v) is 8.38. The van der Waals surface area contributed by atoms with Crippen LogP contribution in [0.15, 0.2) is 71.6 Å². The van der Waals surface area contributed by atoms with Gasteiger partial charge in [0.1, 0.15) is 5.75 Å². The van der Waals surface area contributed by atoms with Crippen LogP contribution in [0.25, 0.3) is 0 Å². The Hall–Kier alpha value is -2.21. The maximum Gasteiger partial charge on any atom is 0.262 e. The zero-order valence-electron chi connectivity index (χ0n) is 14.4. The van der Waals surface area contributed by atoms with Gasteiger partial charge in [-0.05, 0) is 47.5 Å². The van der Waals surface area contributed by atoms with Gasteiger partial charge in [-0.3, -0.25) is 4.72 Å². The van der Waals surface area contributed by atoms with E-state index in [0.717, 1.165) is 11.1 Å². The fourth-order valence-corrected chi connectivity index (χ4v) is 4.16. The Bertz CT molecular complexity index is 1070. The topological polar surface area (TPSA) is 55.4 Å². The molecule has 27 heavy (non-hydrogen) atoms. The Morgan fingerprint density at radius 1 is 0.926 bits per heavy atom. The van der Waals surface area contributed by atoms with E-state index in [-0.39, 0.29) is 4.90 Å². The van der Waals surface area contributed by atoms with Crippen LogP contribution in [0.1, 0.15) is 11.1 Å². The lowest BCUT2D eigenvalue weighted by molar-refractivity contribution is 0.413. The molecular formula is C20H17Cl2NO3S. The minimum atomic E-state index is -3.79. The van der Waals surface area contributed by atoms with Gasteiger partial charge in [-0.25, -0.2) is 8.42 Å². The highest BCUT2D eigenvalue weighted by molar-refractivity contribution is 7.92. The number of anilines is 1. The molecule has 0 aliphatic rings. The van der Waals surface area contributed by atoms with Crippen molar-refractivity contribution in [3.8, 4) is 5.75 Å². The Kier molecular flexibility index (Phi) is 5.95. The summed E-state index contributed by atoms with van der Waals surface area (Å²) in [5, 5.41) is 1.13. The van der Waals surface area contributed by atoms with E-state index in [1.54, 1.807) is 36.4 Å². The molecule has 0 amide bonds. The molecule has 0 aliphatic carbocycles. The summed E-state index contributed by atoms with van der Waals surface area (Å²) in [6.07, 6.45) is 0.441. The first-order valence-corrected chi connectivity index (χ1v) is 10.3. The Labute approximate surface area is 168 Å². The smallest absolute Gasteiger partial charge is 0.262 e. The summed E-state index contributed by atoms with van der Waals surface area (Å²) < 4.78 is 33.3. The monoisotopic (exact) mass is 421 g/mol. The minimum absolute atomic E-state index is 0.112. The molecule has 140 valence electrons. The van der Waals surface area contributed by atoms with Crippen LogP contribution in [0, 0.1) is 0 Å². The molecule has 0 unspecified atom stereocenters. The number of sulfonamides is 1. The van der Waals surface area contributed by atoms with Gasteiger partial charge < -0.3 is 4.74 Å². The van der Waals surface area contributed by atoms with E-state index < -0.39 is 10.0 Å². The first-order valence-electron chi connectivity index (χ1n) is 8.08.